The SMILES string of the molecule is CC1(C)CC(NCc2ccc(Br)c(Br)c2)CC(C)(C)N1. The molecule has 2 rings (SSSR count). The average molecular weight is 404 g/mol. The van der Waals surface area contributed by atoms with Crippen LogP contribution in [0.1, 0.15) is 46.1 Å². The van der Waals surface area contributed by atoms with Crippen molar-refractivity contribution in [1.29, 1.82) is 0 Å². The van der Waals surface area contributed by atoms with E-state index >= 15 is 0 Å². The first-order valence-corrected chi connectivity index (χ1v) is 8.72. The Morgan fingerprint density at radius 1 is 1.10 bits per heavy atom. The van der Waals surface area contributed by atoms with E-state index in [0.29, 0.717) is 6.04 Å². The molecule has 1 aromatic rings. The maximum Gasteiger partial charge on any atom is 0.0320 e. The van der Waals surface area contributed by atoms with E-state index in [4.69, 9.17) is 0 Å². The number of rotatable bonds is 3. The van der Waals surface area contributed by atoms with E-state index in [1.807, 2.05) is 0 Å². The third-order valence-electron chi connectivity index (χ3n) is 3.77. The summed E-state index contributed by atoms with van der Waals surface area (Å²) in [5.41, 5.74) is 1.70. The summed E-state index contributed by atoms with van der Waals surface area (Å²) in [4.78, 5) is 0. The normalized spacial score (nSPS) is 21.9. The van der Waals surface area contributed by atoms with Gasteiger partial charge in [-0.2, -0.15) is 0 Å². The second-order valence-electron chi connectivity index (χ2n) is 7.13. The van der Waals surface area contributed by atoms with Crippen LogP contribution < -0.4 is 10.6 Å². The van der Waals surface area contributed by atoms with Gasteiger partial charge in [0.25, 0.3) is 0 Å². The summed E-state index contributed by atoms with van der Waals surface area (Å²) in [6, 6.07) is 6.99. The highest BCUT2D eigenvalue weighted by atomic mass is 79.9. The zero-order chi connectivity index (χ0) is 15.0. The van der Waals surface area contributed by atoms with Crippen LogP contribution in [0.2, 0.25) is 0 Å². The molecule has 2 N–H and O–H groups in total. The molecule has 1 aliphatic heterocycles. The van der Waals surface area contributed by atoms with Crippen molar-refractivity contribution in [1.82, 2.24) is 10.6 Å². The van der Waals surface area contributed by atoms with Crippen molar-refractivity contribution in [3.05, 3.63) is 32.7 Å². The fourth-order valence-electron chi connectivity index (χ4n) is 3.38. The minimum absolute atomic E-state index is 0.194. The first kappa shape index (κ1) is 16.5. The van der Waals surface area contributed by atoms with Crippen molar-refractivity contribution in [3.63, 3.8) is 0 Å². The predicted octanol–water partition coefficient (Wildman–Crippen LogP) is 4.61. The number of nitrogens with one attached hydrogen (secondary N) is 2. The van der Waals surface area contributed by atoms with Crippen molar-refractivity contribution in [3.8, 4) is 0 Å². The van der Waals surface area contributed by atoms with Gasteiger partial charge < -0.3 is 10.6 Å². The number of benzene rings is 1. The van der Waals surface area contributed by atoms with Gasteiger partial charge in [-0.3, -0.25) is 0 Å². The summed E-state index contributed by atoms with van der Waals surface area (Å²) < 4.78 is 2.22. The number of hydrogen-bond acceptors (Lipinski definition) is 2. The lowest BCUT2D eigenvalue weighted by atomic mass is 9.79. The Kier molecular flexibility index (Phi) is 5.00. The fraction of sp³-hybridized carbons (Fsp3) is 0.625. The Balaban J connectivity index is 1.98. The molecule has 1 aliphatic rings. The summed E-state index contributed by atoms with van der Waals surface area (Å²) >= 11 is 7.07. The molecular formula is C16H24Br2N2. The zero-order valence-electron chi connectivity index (χ0n) is 12.7. The van der Waals surface area contributed by atoms with Gasteiger partial charge in [0, 0.05) is 32.6 Å². The van der Waals surface area contributed by atoms with Crippen LogP contribution >= 0.6 is 31.9 Å². The van der Waals surface area contributed by atoms with Crippen molar-refractivity contribution < 1.29 is 0 Å². The molecule has 0 aromatic heterocycles. The van der Waals surface area contributed by atoms with E-state index in [1.165, 1.54) is 5.56 Å². The molecule has 112 valence electrons. The van der Waals surface area contributed by atoms with Crippen LogP contribution in [0.3, 0.4) is 0 Å². The quantitative estimate of drug-likeness (QED) is 0.769. The van der Waals surface area contributed by atoms with Crippen molar-refractivity contribution in [2.75, 3.05) is 0 Å². The van der Waals surface area contributed by atoms with Gasteiger partial charge in [-0.1, -0.05) is 6.07 Å². The summed E-state index contributed by atoms with van der Waals surface area (Å²) in [7, 11) is 0. The molecule has 0 aliphatic carbocycles. The van der Waals surface area contributed by atoms with Crippen LogP contribution in [0.4, 0.5) is 0 Å². The van der Waals surface area contributed by atoms with E-state index in [9.17, 15) is 0 Å². The van der Waals surface area contributed by atoms with Crippen LogP contribution in [0.5, 0.6) is 0 Å². The summed E-state index contributed by atoms with van der Waals surface area (Å²) in [6.45, 7) is 10.1. The molecule has 0 unspecified atom stereocenters. The van der Waals surface area contributed by atoms with Crippen molar-refractivity contribution in [2.45, 2.75) is 64.2 Å². The van der Waals surface area contributed by atoms with Crippen LogP contribution in [-0.4, -0.2) is 17.1 Å². The van der Waals surface area contributed by atoms with Crippen LogP contribution in [0, 0.1) is 0 Å². The van der Waals surface area contributed by atoms with E-state index < -0.39 is 0 Å². The van der Waals surface area contributed by atoms with Crippen LogP contribution in [0.25, 0.3) is 0 Å². The molecular weight excluding hydrogens is 380 g/mol. The molecule has 4 heteroatoms. The minimum Gasteiger partial charge on any atom is -0.310 e. The Labute approximate surface area is 139 Å². The highest BCUT2D eigenvalue weighted by molar-refractivity contribution is 9.13. The second kappa shape index (κ2) is 6.07. The van der Waals surface area contributed by atoms with Crippen LogP contribution in [-0.2, 0) is 6.54 Å². The predicted molar refractivity (Wildman–Crippen MR) is 93.0 cm³/mol. The van der Waals surface area contributed by atoms with Gasteiger partial charge in [0.2, 0.25) is 0 Å². The zero-order valence-corrected chi connectivity index (χ0v) is 15.9. The van der Waals surface area contributed by atoms with E-state index in [1.54, 1.807) is 0 Å². The lowest BCUT2D eigenvalue weighted by Gasteiger charge is -2.46. The summed E-state index contributed by atoms with van der Waals surface area (Å²) in [5.74, 6) is 0. The van der Waals surface area contributed by atoms with Gasteiger partial charge in [0.1, 0.15) is 0 Å². The van der Waals surface area contributed by atoms with Gasteiger partial charge in [-0.05, 0) is 90.1 Å². The molecule has 20 heavy (non-hydrogen) atoms. The van der Waals surface area contributed by atoms with Gasteiger partial charge in [0.05, 0.1) is 0 Å². The average Bonchev–Trinajstić information content (AvgIpc) is 2.27. The monoisotopic (exact) mass is 402 g/mol. The Hall–Kier alpha value is 0.1000. The fourth-order valence-corrected chi connectivity index (χ4v) is 4.05. The van der Waals surface area contributed by atoms with E-state index in [0.717, 1.165) is 28.3 Å². The largest absolute Gasteiger partial charge is 0.310 e. The Morgan fingerprint density at radius 2 is 1.70 bits per heavy atom. The highest BCUT2D eigenvalue weighted by Crippen LogP contribution is 2.29. The molecule has 0 spiro atoms. The molecule has 0 bridgehead atoms. The molecule has 2 nitrogen and oxygen atoms in total. The number of hydrogen-bond donors (Lipinski definition) is 2. The first-order chi connectivity index (χ1) is 9.17. The minimum atomic E-state index is 0.194. The third-order valence-corrected chi connectivity index (χ3v) is 5.65. The maximum atomic E-state index is 3.72. The van der Waals surface area contributed by atoms with Gasteiger partial charge in [0.15, 0.2) is 0 Å². The smallest absolute Gasteiger partial charge is 0.0320 e. The third kappa shape index (κ3) is 4.55. The second-order valence-corrected chi connectivity index (χ2v) is 8.84. The van der Waals surface area contributed by atoms with Crippen LogP contribution in [0.15, 0.2) is 27.1 Å². The van der Waals surface area contributed by atoms with E-state index in [2.05, 4.69) is 88.4 Å². The maximum absolute atomic E-state index is 3.72. The van der Waals surface area contributed by atoms with Crippen molar-refractivity contribution in [2.24, 2.45) is 0 Å². The molecule has 1 heterocycles. The lowest BCUT2D eigenvalue weighted by molar-refractivity contribution is 0.145. The summed E-state index contributed by atoms with van der Waals surface area (Å²) in [6.07, 6.45) is 2.32. The topological polar surface area (TPSA) is 24.1 Å². The number of piperidine rings is 1. The lowest BCUT2D eigenvalue weighted by Crippen LogP contribution is -2.61. The summed E-state index contributed by atoms with van der Waals surface area (Å²) in [5, 5.41) is 7.44. The van der Waals surface area contributed by atoms with E-state index in [-0.39, 0.29) is 11.1 Å². The molecule has 0 atom stereocenters. The number of halogens is 2. The van der Waals surface area contributed by atoms with Gasteiger partial charge in [-0.15, -0.1) is 0 Å². The Morgan fingerprint density at radius 3 is 2.25 bits per heavy atom. The Bertz CT molecular complexity index is 467. The first-order valence-electron chi connectivity index (χ1n) is 7.14. The van der Waals surface area contributed by atoms with Gasteiger partial charge in [-0.25, -0.2) is 0 Å². The molecule has 0 radical (unpaired) electrons. The highest BCUT2D eigenvalue weighted by Gasteiger charge is 2.37. The molecule has 0 amide bonds. The molecule has 1 saturated heterocycles. The van der Waals surface area contributed by atoms with Crippen molar-refractivity contribution >= 4 is 31.9 Å². The molecule has 1 aromatic carbocycles. The van der Waals surface area contributed by atoms with Gasteiger partial charge >= 0.3 is 0 Å². The molecule has 0 saturated carbocycles. The molecule has 1 fully saturated rings. The standard InChI is InChI=1S/C16H24Br2N2/c1-15(2)8-12(9-16(3,4)20-15)19-10-11-5-6-13(17)14(18)7-11/h5-7,12,19-20H,8-10H2,1-4H3.